The molecule has 0 atom stereocenters. The first-order valence-corrected chi connectivity index (χ1v) is 9.61. The molecule has 166 valence electrons. The lowest BCUT2D eigenvalue weighted by Crippen LogP contribution is -2.11. The highest BCUT2D eigenvalue weighted by molar-refractivity contribution is 5.93. The summed E-state index contributed by atoms with van der Waals surface area (Å²) in [5, 5.41) is 34.6. The maximum atomic E-state index is 12.6. The highest BCUT2D eigenvalue weighted by Gasteiger charge is 2.14. The highest BCUT2D eigenvalue weighted by atomic mass is 16.6. The number of furan rings is 1. The molecule has 0 radical (unpaired) electrons. The molecule has 1 N–H and O–H groups in total. The number of hydrogen-bond acceptors (Lipinski definition) is 8. The molecule has 3 aromatic carbocycles. The van der Waals surface area contributed by atoms with E-state index in [1.807, 2.05) is 0 Å². The molecule has 4 rings (SSSR count). The van der Waals surface area contributed by atoms with Crippen LogP contribution in [0.3, 0.4) is 0 Å². The Balaban J connectivity index is 1.62. The predicted molar refractivity (Wildman–Crippen MR) is 116 cm³/mol. The third kappa shape index (κ3) is 4.47. The number of carbonyl (C=O) groups is 1. The van der Waals surface area contributed by atoms with Gasteiger partial charge in [-0.3, -0.25) is 10.1 Å². The molecule has 0 spiro atoms. The Morgan fingerprint density at radius 3 is 2.55 bits per heavy atom. The Kier molecular flexibility index (Phi) is 5.69. The molecular formula is C24H16NO8-. The van der Waals surface area contributed by atoms with Crippen molar-refractivity contribution in [3.8, 4) is 11.5 Å². The second-order valence-electron chi connectivity index (χ2n) is 6.93. The van der Waals surface area contributed by atoms with Crippen LogP contribution in [0, 0.1) is 10.1 Å². The Labute approximate surface area is 186 Å². The fourth-order valence-corrected chi connectivity index (χ4v) is 3.13. The van der Waals surface area contributed by atoms with Gasteiger partial charge in [0.1, 0.15) is 17.1 Å². The van der Waals surface area contributed by atoms with Gasteiger partial charge in [-0.15, -0.1) is 0 Å². The molecule has 33 heavy (non-hydrogen) atoms. The molecule has 4 aromatic rings. The Morgan fingerprint density at radius 1 is 1.09 bits per heavy atom. The van der Waals surface area contributed by atoms with Gasteiger partial charge >= 0.3 is 5.97 Å². The largest absolute Gasteiger partial charge is 0.869 e. The molecule has 0 saturated carbocycles. The fourth-order valence-electron chi connectivity index (χ4n) is 3.13. The second kappa shape index (κ2) is 8.75. The van der Waals surface area contributed by atoms with Gasteiger partial charge in [-0.25, -0.2) is 4.79 Å². The van der Waals surface area contributed by atoms with E-state index >= 15 is 0 Å². The first kappa shape index (κ1) is 21.4. The molecule has 0 saturated heterocycles. The summed E-state index contributed by atoms with van der Waals surface area (Å²) in [5.41, 5.74) is 0.00511. The minimum Gasteiger partial charge on any atom is -0.869 e. The molecule has 0 unspecified atom stereocenters. The summed E-state index contributed by atoms with van der Waals surface area (Å²) in [6.45, 7) is 0. The van der Waals surface area contributed by atoms with Crippen molar-refractivity contribution in [3.05, 3.63) is 98.6 Å². The summed E-state index contributed by atoms with van der Waals surface area (Å²) in [6, 6.07) is 16.1. The van der Waals surface area contributed by atoms with Gasteiger partial charge < -0.3 is 24.1 Å². The average molecular weight is 446 g/mol. The number of fused-ring (bicyclic) bond motifs is 1. The summed E-state index contributed by atoms with van der Waals surface area (Å²) < 4.78 is 15.7. The molecule has 0 bridgehead atoms. The number of benzene rings is 3. The van der Waals surface area contributed by atoms with Gasteiger partial charge in [-0.1, -0.05) is 23.9 Å². The maximum absolute atomic E-state index is 12.6. The Hall–Kier alpha value is -4.79. The van der Waals surface area contributed by atoms with E-state index in [-0.39, 0.29) is 40.0 Å². The van der Waals surface area contributed by atoms with Crippen LogP contribution >= 0.6 is 0 Å². The zero-order valence-corrected chi connectivity index (χ0v) is 17.2. The van der Waals surface area contributed by atoms with Crippen molar-refractivity contribution in [2.75, 3.05) is 7.11 Å². The number of ether oxygens (including phenoxy) is 2. The Bertz CT molecular complexity index is 1480. The van der Waals surface area contributed by atoms with Crippen molar-refractivity contribution in [1.29, 1.82) is 0 Å². The summed E-state index contributed by atoms with van der Waals surface area (Å²) in [4.78, 5) is 22.7. The maximum Gasteiger partial charge on any atom is 0.343 e. The number of methoxy groups -OCH3 is 1. The van der Waals surface area contributed by atoms with E-state index in [1.165, 1.54) is 43.5 Å². The van der Waals surface area contributed by atoms with Crippen LogP contribution in [0.15, 0.2) is 71.1 Å². The van der Waals surface area contributed by atoms with E-state index in [0.717, 1.165) is 6.07 Å². The number of esters is 1. The van der Waals surface area contributed by atoms with Gasteiger partial charge in [0.2, 0.25) is 0 Å². The lowest BCUT2D eigenvalue weighted by Gasteiger charge is -2.05. The second-order valence-corrected chi connectivity index (χ2v) is 6.93. The van der Waals surface area contributed by atoms with Crippen LogP contribution in [0.5, 0.6) is 11.5 Å². The number of nitrogens with zero attached hydrogens (tertiary/aromatic N) is 1. The van der Waals surface area contributed by atoms with Gasteiger partial charge in [-0.05, 0) is 41.6 Å². The molecule has 1 aromatic heterocycles. The number of non-ortho nitro benzene ring substituents is 1. The fraction of sp³-hybridized carbons (Fsp3) is 0.0417. The number of carbonyl (C=O) groups excluding carboxylic acids is 1. The lowest BCUT2D eigenvalue weighted by atomic mass is 10.2. The third-order valence-corrected chi connectivity index (χ3v) is 4.79. The van der Waals surface area contributed by atoms with E-state index in [4.69, 9.17) is 13.9 Å². The average Bonchev–Trinajstić information content (AvgIpc) is 3.13. The first-order chi connectivity index (χ1) is 15.9. The zero-order valence-electron chi connectivity index (χ0n) is 17.2. The molecule has 0 aliphatic heterocycles. The molecule has 1 heterocycles. The number of aliphatic hydroxyl groups excluding tert-OH is 1. The summed E-state index contributed by atoms with van der Waals surface area (Å²) in [5.74, 6) is -1.14. The van der Waals surface area contributed by atoms with E-state index in [0.29, 0.717) is 15.8 Å². The minimum absolute atomic E-state index is 0.0162. The van der Waals surface area contributed by atoms with Crippen LogP contribution in [0.4, 0.5) is 5.69 Å². The van der Waals surface area contributed by atoms with Crippen molar-refractivity contribution >= 4 is 34.6 Å². The van der Waals surface area contributed by atoms with E-state index in [1.54, 1.807) is 30.3 Å². The number of rotatable bonds is 5. The van der Waals surface area contributed by atoms with Gasteiger partial charge in [-0.2, -0.15) is 0 Å². The summed E-state index contributed by atoms with van der Waals surface area (Å²) in [7, 11) is 1.35. The SMILES string of the molecule is COC(O)=c1ccc(=Cc2oc3cc(OC(=O)c4cccc([N+](=O)[O-])c4)ccc3c2[O-])cc1. The van der Waals surface area contributed by atoms with Crippen molar-refractivity contribution in [2.45, 2.75) is 0 Å². The molecule has 9 heteroatoms. The zero-order chi connectivity index (χ0) is 23.5. The van der Waals surface area contributed by atoms with Gasteiger partial charge in [0.05, 0.1) is 22.8 Å². The first-order valence-electron chi connectivity index (χ1n) is 9.61. The molecule has 0 fully saturated rings. The van der Waals surface area contributed by atoms with E-state index in [2.05, 4.69) is 0 Å². The van der Waals surface area contributed by atoms with E-state index in [9.17, 15) is 25.1 Å². The Morgan fingerprint density at radius 2 is 1.85 bits per heavy atom. The predicted octanol–water partition coefficient (Wildman–Crippen LogP) is 2.73. The third-order valence-electron chi connectivity index (χ3n) is 4.79. The van der Waals surface area contributed by atoms with Gasteiger partial charge in [0.25, 0.3) is 11.6 Å². The van der Waals surface area contributed by atoms with E-state index < -0.39 is 10.9 Å². The number of nitro groups is 1. The lowest BCUT2D eigenvalue weighted by molar-refractivity contribution is -0.384. The molecule has 0 aliphatic carbocycles. The smallest absolute Gasteiger partial charge is 0.343 e. The van der Waals surface area contributed by atoms with Crippen molar-refractivity contribution in [2.24, 2.45) is 0 Å². The van der Waals surface area contributed by atoms with Gasteiger partial charge in [0, 0.05) is 23.6 Å². The van der Waals surface area contributed by atoms with Crippen molar-refractivity contribution in [3.63, 3.8) is 0 Å². The molecular weight excluding hydrogens is 430 g/mol. The van der Waals surface area contributed by atoms with Crippen LogP contribution in [-0.2, 0) is 4.74 Å². The molecule has 9 nitrogen and oxygen atoms in total. The monoisotopic (exact) mass is 446 g/mol. The van der Waals surface area contributed by atoms with Gasteiger partial charge in [0.15, 0.2) is 0 Å². The van der Waals surface area contributed by atoms with Crippen LogP contribution in [0.1, 0.15) is 16.1 Å². The van der Waals surface area contributed by atoms with Crippen molar-refractivity contribution < 1.29 is 33.8 Å². The number of aliphatic hydroxyl groups is 1. The summed E-state index contributed by atoms with van der Waals surface area (Å²) >= 11 is 0. The van der Waals surface area contributed by atoms with Crippen LogP contribution in [0.2, 0.25) is 0 Å². The van der Waals surface area contributed by atoms with Crippen LogP contribution < -0.4 is 20.3 Å². The number of hydrogen-bond donors (Lipinski definition) is 1. The molecule has 0 aliphatic rings. The van der Waals surface area contributed by atoms with Crippen molar-refractivity contribution in [1.82, 2.24) is 0 Å². The number of nitro benzene ring substituents is 1. The quantitative estimate of drug-likeness (QED) is 0.214. The topological polar surface area (TPSA) is 135 Å². The van der Waals surface area contributed by atoms with Crippen LogP contribution in [0.25, 0.3) is 23.0 Å². The highest BCUT2D eigenvalue weighted by Crippen LogP contribution is 2.33. The van der Waals surface area contributed by atoms with Crippen LogP contribution in [-0.4, -0.2) is 23.1 Å². The normalized spacial score (nSPS) is 10.6. The molecule has 0 amide bonds. The minimum atomic E-state index is -0.782. The standard InChI is InChI=1S/C24H17NO8/c1-31-23(27)15-7-5-14(6-8-15)11-21-22(26)19-10-9-18(13-20(19)33-21)32-24(28)16-3-2-4-17(12-16)25(29)30/h2-13,26-27H,1H3/p-1. The summed E-state index contributed by atoms with van der Waals surface area (Å²) in [6.07, 6.45) is 1.55.